The van der Waals surface area contributed by atoms with Crippen LogP contribution in [0.15, 0.2) is 0 Å². The predicted octanol–water partition coefficient (Wildman–Crippen LogP) is 0.469. The van der Waals surface area contributed by atoms with Crippen LogP contribution in [0.4, 0.5) is 18.0 Å². The minimum absolute atomic E-state index is 0.0833. The number of carboxylic acids is 1. The summed E-state index contributed by atoms with van der Waals surface area (Å²) < 4.78 is 35.5. The third-order valence-electron chi connectivity index (χ3n) is 2.47. The number of carbonyl (C=O) groups is 2. The van der Waals surface area contributed by atoms with E-state index in [1.165, 1.54) is 0 Å². The Morgan fingerprint density at radius 3 is 2.58 bits per heavy atom. The van der Waals surface area contributed by atoms with Gasteiger partial charge in [-0.1, -0.05) is 0 Å². The van der Waals surface area contributed by atoms with E-state index < -0.39 is 29.7 Å². The van der Waals surface area contributed by atoms with Crippen LogP contribution in [0.2, 0.25) is 0 Å². The van der Waals surface area contributed by atoms with E-state index in [9.17, 15) is 27.9 Å². The first-order valence-electron chi connectivity index (χ1n) is 5.36. The minimum Gasteiger partial charge on any atom is -0.480 e. The molecule has 1 aliphatic heterocycles. The maximum atomic E-state index is 11.8. The lowest BCUT2D eigenvalue weighted by Crippen LogP contribution is -2.46. The zero-order valence-corrected chi connectivity index (χ0v) is 10.5. The molecule has 3 N–H and O–H groups in total. The van der Waals surface area contributed by atoms with Crippen molar-refractivity contribution in [2.24, 2.45) is 0 Å². The zero-order valence-electron chi connectivity index (χ0n) is 9.68. The highest BCUT2D eigenvalue weighted by Crippen LogP contribution is 2.29. The van der Waals surface area contributed by atoms with Crippen LogP contribution in [0.5, 0.6) is 0 Å². The molecule has 2 amide bonds. The lowest BCUT2D eigenvalue weighted by Gasteiger charge is -2.21. The van der Waals surface area contributed by atoms with Gasteiger partial charge in [0.05, 0.1) is 6.10 Å². The summed E-state index contributed by atoms with van der Waals surface area (Å²) in [5, 5.41) is 20.3. The zero-order chi connectivity index (χ0) is 14.6. The number of rotatable bonds is 4. The third-order valence-corrected chi connectivity index (χ3v) is 3.20. The summed E-state index contributed by atoms with van der Waals surface area (Å²) in [4.78, 5) is 23.3. The van der Waals surface area contributed by atoms with Gasteiger partial charge in [0.2, 0.25) is 0 Å². The number of urea groups is 1. The van der Waals surface area contributed by atoms with Gasteiger partial charge in [0.25, 0.3) is 0 Å². The van der Waals surface area contributed by atoms with Gasteiger partial charge in [-0.3, -0.25) is 0 Å². The van der Waals surface area contributed by atoms with Crippen molar-refractivity contribution in [2.45, 2.75) is 24.1 Å². The van der Waals surface area contributed by atoms with Crippen molar-refractivity contribution >= 4 is 23.8 Å². The number of hydrogen-bond donors (Lipinski definition) is 3. The summed E-state index contributed by atoms with van der Waals surface area (Å²) in [6.07, 6.45) is -1.02. The normalized spacial score (nSPS) is 23.5. The molecule has 0 bridgehead atoms. The maximum Gasteiger partial charge on any atom is 0.441 e. The molecule has 0 unspecified atom stereocenters. The van der Waals surface area contributed by atoms with E-state index in [4.69, 9.17) is 5.11 Å². The molecule has 1 saturated heterocycles. The minimum atomic E-state index is -4.36. The maximum absolute atomic E-state index is 11.8. The number of nitrogens with zero attached hydrogens (tertiary/aromatic N) is 1. The van der Waals surface area contributed by atoms with Crippen LogP contribution in [0.1, 0.15) is 6.42 Å². The number of likely N-dealkylation sites (tertiary alicyclic amines) is 1. The molecule has 0 aliphatic carbocycles. The number of carbonyl (C=O) groups excluding carboxylic acids is 1. The second-order valence-corrected chi connectivity index (χ2v) is 5.08. The van der Waals surface area contributed by atoms with E-state index in [0.29, 0.717) is 0 Å². The second-order valence-electron chi connectivity index (χ2n) is 3.92. The van der Waals surface area contributed by atoms with Crippen molar-refractivity contribution in [3.63, 3.8) is 0 Å². The lowest BCUT2D eigenvalue weighted by atomic mass is 10.2. The number of β-amino-alcohol motifs (C(OH)–C–C–N with tert-alkyl or cyclic N) is 1. The molecule has 1 heterocycles. The van der Waals surface area contributed by atoms with E-state index in [1.54, 1.807) is 0 Å². The Balaban J connectivity index is 2.38. The summed E-state index contributed by atoms with van der Waals surface area (Å²) in [7, 11) is 0. The molecule has 0 aromatic rings. The number of halogens is 3. The summed E-state index contributed by atoms with van der Waals surface area (Å²) in [6.45, 7) is -0.378. The summed E-state index contributed by atoms with van der Waals surface area (Å²) in [6, 6.07) is -1.93. The first-order chi connectivity index (χ1) is 8.70. The fraction of sp³-hybridized carbons (Fsp3) is 0.778. The molecular weight excluding hydrogens is 289 g/mol. The SMILES string of the molecule is O=C(O)[C@@H]1C[C@H](O)CN1C(=O)NCCSC(F)(F)F. The fourth-order valence-corrected chi connectivity index (χ4v) is 2.13. The molecule has 0 aromatic heterocycles. The Kier molecular flexibility index (Phi) is 5.29. The molecule has 0 aromatic carbocycles. The molecule has 0 saturated carbocycles. The molecular formula is C9H13F3N2O4S. The van der Waals surface area contributed by atoms with Gasteiger partial charge in [-0.15, -0.1) is 0 Å². The number of aliphatic hydroxyl groups excluding tert-OH is 1. The average molecular weight is 302 g/mol. The van der Waals surface area contributed by atoms with Crippen molar-refractivity contribution < 1.29 is 33.0 Å². The van der Waals surface area contributed by atoms with Crippen molar-refractivity contribution in [1.82, 2.24) is 10.2 Å². The summed E-state index contributed by atoms with van der Waals surface area (Å²) in [5.74, 6) is -1.61. The lowest BCUT2D eigenvalue weighted by molar-refractivity contribution is -0.141. The largest absolute Gasteiger partial charge is 0.480 e. The molecule has 19 heavy (non-hydrogen) atoms. The van der Waals surface area contributed by atoms with E-state index in [-0.39, 0.29) is 37.0 Å². The Bertz CT molecular complexity index is 353. The molecule has 0 radical (unpaired) electrons. The number of aliphatic carboxylic acids is 1. The number of aliphatic hydroxyl groups is 1. The molecule has 0 spiro atoms. The smallest absolute Gasteiger partial charge is 0.441 e. The van der Waals surface area contributed by atoms with Gasteiger partial charge >= 0.3 is 17.5 Å². The van der Waals surface area contributed by atoms with Gasteiger partial charge < -0.3 is 20.4 Å². The summed E-state index contributed by atoms with van der Waals surface area (Å²) in [5.41, 5.74) is -4.36. The van der Waals surface area contributed by atoms with Crippen LogP contribution in [0.25, 0.3) is 0 Å². The number of thioether (sulfide) groups is 1. The van der Waals surface area contributed by atoms with Crippen LogP contribution in [-0.4, -0.2) is 63.6 Å². The molecule has 6 nitrogen and oxygen atoms in total. The Hall–Kier alpha value is -1.16. The fourth-order valence-electron chi connectivity index (χ4n) is 1.70. The van der Waals surface area contributed by atoms with Gasteiger partial charge in [0.15, 0.2) is 0 Å². The standard InChI is InChI=1S/C9H13F3N2O4S/c10-9(11,12)19-2-1-13-8(18)14-4-5(15)3-6(14)7(16)17/h5-6,15H,1-4H2,(H,13,18)(H,16,17)/t5-,6-/m0/s1. The third kappa shape index (κ3) is 5.15. The van der Waals surface area contributed by atoms with Crippen LogP contribution >= 0.6 is 11.8 Å². The number of nitrogens with one attached hydrogen (secondary N) is 1. The van der Waals surface area contributed by atoms with Crippen LogP contribution < -0.4 is 5.32 Å². The van der Waals surface area contributed by atoms with Gasteiger partial charge in [-0.25, -0.2) is 9.59 Å². The quantitative estimate of drug-likeness (QED) is 0.657. The first-order valence-corrected chi connectivity index (χ1v) is 6.35. The Labute approximate surface area is 110 Å². The predicted molar refractivity (Wildman–Crippen MR) is 60.7 cm³/mol. The van der Waals surface area contributed by atoms with E-state index in [2.05, 4.69) is 5.32 Å². The van der Waals surface area contributed by atoms with Gasteiger partial charge in [-0.2, -0.15) is 13.2 Å². The first kappa shape index (κ1) is 15.9. The van der Waals surface area contributed by atoms with E-state index >= 15 is 0 Å². The van der Waals surface area contributed by atoms with Gasteiger partial charge in [0, 0.05) is 25.3 Å². The van der Waals surface area contributed by atoms with Crippen LogP contribution in [0.3, 0.4) is 0 Å². The molecule has 10 heteroatoms. The second kappa shape index (κ2) is 6.33. The van der Waals surface area contributed by atoms with E-state index in [1.807, 2.05) is 0 Å². The average Bonchev–Trinajstić information content (AvgIpc) is 2.65. The number of hydrogen-bond acceptors (Lipinski definition) is 4. The molecule has 1 fully saturated rings. The topological polar surface area (TPSA) is 89.9 Å². The van der Waals surface area contributed by atoms with Crippen molar-refractivity contribution in [3.8, 4) is 0 Å². The number of alkyl halides is 3. The van der Waals surface area contributed by atoms with E-state index in [0.717, 1.165) is 4.90 Å². The molecule has 110 valence electrons. The molecule has 1 rings (SSSR count). The highest BCUT2D eigenvalue weighted by Gasteiger charge is 2.38. The summed E-state index contributed by atoms with van der Waals surface area (Å²) >= 11 is -0.273. The monoisotopic (exact) mass is 302 g/mol. The Morgan fingerprint density at radius 1 is 1.42 bits per heavy atom. The molecule has 2 atom stereocenters. The highest BCUT2D eigenvalue weighted by molar-refractivity contribution is 8.00. The molecule has 1 aliphatic rings. The number of carboxylic acid groups (broad SMARTS) is 1. The Morgan fingerprint density at radius 2 is 2.05 bits per heavy atom. The van der Waals surface area contributed by atoms with Crippen LogP contribution in [0, 0.1) is 0 Å². The van der Waals surface area contributed by atoms with Crippen molar-refractivity contribution in [1.29, 1.82) is 0 Å². The highest BCUT2D eigenvalue weighted by atomic mass is 32.2. The van der Waals surface area contributed by atoms with Crippen LogP contribution in [-0.2, 0) is 4.79 Å². The van der Waals surface area contributed by atoms with Gasteiger partial charge in [0.1, 0.15) is 6.04 Å². The van der Waals surface area contributed by atoms with Gasteiger partial charge in [-0.05, 0) is 11.8 Å². The number of amides is 2. The van der Waals surface area contributed by atoms with Crippen molar-refractivity contribution in [2.75, 3.05) is 18.8 Å². The van der Waals surface area contributed by atoms with Crippen molar-refractivity contribution in [3.05, 3.63) is 0 Å².